The fraction of sp³-hybridized carbons (Fsp3) is 0.174. The number of aromatic nitrogens is 3. The van der Waals surface area contributed by atoms with Crippen molar-refractivity contribution in [3.63, 3.8) is 0 Å². The van der Waals surface area contributed by atoms with Crippen LogP contribution in [0.3, 0.4) is 0 Å². The maximum atomic E-state index is 13.4. The predicted octanol–water partition coefficient (Wildman–Crippen LogP) is 3.90. The molecule has 0 radical (unpaired) electrons. The van der Waals surface area contributed by atoms with Crippen LogP contribution in [0.25, 0.3) is 16.6 Å². The first-order valence-corrected chi connectivity index (χ1v) is 9.76. The quantitative estimate of drug-likeness (QED) is 0.531. The van der Waals surface area contributed by atoms with E-state index in [1.807, 2.05) is 26.0 Å². The number of nitrogens with zero attached hydrogens (tertiary/aromatic N) is 3. The van der Waals surface area contributed by atoms with Crippen molar-refractivity contribution < 1.29 is 13.9 Å². The van der Waals surface area contributed by atoms with E-state index in [2.05, 4.69) is 10.4 Å². The molecule has 0 saturated heterocycles. The summed E-state index contributed by atoms with van der Waals surface area (Å²) in [6.07, 6.45) is 1.43. The van der Waals surface area contributed by atoms with E-state index in [4.69, 9.17) is 4.74 Å². The number of anilines is 1. The van der Waals surface area contributed by atoms with Crippen molar-refractivity contribution in [1.29, 1.82) is 0 Å². The molecule has 0 unspecified atom stereocenters. The fourth-order valence-electron chi connectivity index (χ4n) is 3.23. The summed E-state index contributed by atoms with van der Waals surface area (Å²) in [5.41, 5.74) is 1.24. The van der Waals surface area contributed by atoms with E-state index in [1.54, 1.807) is 36.0 Å². The number of carbonyl (C=O) groups excluding carboxylic acids is 1. The summed E-state index contributed by atoms with van der Waals surface area (Å²) in [6.45, 7) is 3.81. The number of amides is 1. The summed E-state index contributed by atoms with van der Waals surface area (Å²) in [5, 5.41) is 7.96. The minimum Gasteiger partial charge on any atom is -0.490 e. The standard InChI is InChI=1S/C23H21FN4O3/c1-14(2)31-19-6-4-5-18-21(19)22(26-28(18)17-9-7-16(24)8-10-17)25-23(30)15-11-12-27(3)20(29)13-15/h4-14H,1-3H3,(H,25,26,30). The molecule has 0 aliphatic rings. The maximum Gasteiger partial charge on any atom is 0.257 e. The molecule has 1 amide bonds. The van der Waals surface area contributed by atoms with Crippen molar-refractivity contribution >= 4 is 22.6 Å². The third-order valence-corrected chi connectivity index (χ3v) is 4.70. The van der Waals surface area contributed by atoms with Gasteiger partial charge in [0.15, 0.2) is 5.82 Å². The monoisotopic (exact) mass is 420 g/mol. The highest BCUT2D eigenvalue weighted by Crippen LogP contribution is 2.34. The molecule has 31 heavy (non-hydrogen) atoms. The molecule has 1 N–H and O–H groups in total. The van der Waals surface area contributed by atoms with E-state index in [1.165, 1.54) is 29.0 Å². The number of hydrogen-bond acceptors (Lipinski definition) is 4. The topological polar surface area (TPSA) is 78.2 Å². The van der Waals surface area contributed by atoms with Crippen LogP contribution < -0.4 is 15.6 Å². The number of halogens is 1. The van der Waals surface area contributed by atoms with E-state index in [-0.39, 0.29) is 28.9 Å². The molecule has 8 heteroatoms. The minimum atomic E-state index is -0.470. The van der Waals surface area contributed by atoms with Crippen molar-refractivity contribution in [2.75, 3.05) is 5.32 Å². The Bertz CT molecular complexity index is 1320. The second-order valence-corrected chi connectivity index (χ2v) is 7.37. The van der Waals surface area contributed by atoms with Gasteiger partial charge in [-0.25, -0.2) is 9.07 Å². The summed E-state index contributed by atoms with van der Waals surface area (Å²) in [7, 11) is 1.61. The van der Waals surface area contributed by atoms with Crippen LogP contribution in [0.15, 0.2) is 65.6 Å². The van der Waals surface area contributed by atoms with Crippen LogP contribution in [0.4, 0.5) is 10.2 Å². The van der Waals surface area contributed by atoms with Crippen LogP contribution in [-0.4, -0.2) is 26.4 Å². The van der Waals surface area contributed by atoms with E-state index in [9.17, 15) is 14.0 Å². The maximum absolute atomic E-state index is 13.4. The molecule has 0 aliphatic carbocycles. The first-order chi connectivity index (χ1) is 14.8. The lowest BCUT2D eigenvalue weighted by Crippen LogP contribution is -2.20. The molecule has 4 rings (SSSR count). The summed E-state index contributed by atoms with van der Waals surface area (Å²) < 4.78 is 22.3. The molecule has 0 atom stereocenters. The Hall–Kier alpha value is -3.94. The Morgan fingerprint density at radius 2 is 1.87 bits per heavy atom. The molecular formula is C23H21FN4O3. The van der Waals surface area contributed by atoms with Crippen LogP contribution in [0, 0.1) is 5.82 Å². The number of aryl methyl sites for hydroxylation is 1. The Morgan fingerprint density at radius 3 is 2.55 bits per heavy atom. The van der Waals surface area contributed by atoms with Crippen molar-refractivity contribution in [3.8, 4) is 11.4 Å². The smallest absolute Gasteiger partial charge is 0.257 e. The Labute approximate surface area is 177 Å². The minimum absolute atomic E-state index is 0.0968. The van der Waals surface area contributed by atoms with Gasteiger partial charge in [0.2, 0.25) is 0 Å². The second-order valence-electron chi connectivity index (χ2n) is 7.37. The van der Waals surface area contributed by atoms with Gasteiger partial charge < -0.3 is 14.6 Å². The zero-order valence-electron chi connectivity index (χ0n) is 17.3. The number of ether oxygens (including phenoxy) is 1. The lowest BCUT2D eigenvalue weighted by Gasteiger charge is -2.12. The highest BCUT2D eigenvalue weighted by atomic mass is 19.1. The number of hydrogen-bond donors (Lipinski definition) is 1. The van der Waals surface area contributed by atoms with Crippen LogP contribution in [0.2, 0.25) is 0 Å². The normalized spacial score (nSPS) is 11.1. The predicted molar refractivity (Wildman–Crippen MR) is 116 cm³/mol. The molecule has 2 aromatic carbocycles. The summed E-state index contributed by atoms with van der Waals surface area (Å²) >= 11 is 0. The van der Waals surface area contributed by atoms with Crippen molar-refractivity contribution in [2.24, 2.45) is 7.05 Å². The number of carbonyl (C=O) groups is 1. The zero-order valence-corrected chi connectivity index (χ0v) is 17.3. The van der Waals surface area contributed by atoms with Crippen molar-refractivity contribution in [2.45, 2.75) is 20.0 Å². The van der Waals surface area contributed by atoms with E-state index in [0.29, 0.717) is 22.3 Å². The molecule has 0 spiro atoms. The van der Waals surface area contributed by atoms with Gasteiger partial charge in [0, 0.05) is 24.9 Å². The molecule has 2 heterocycles. The SMILES string of the molecule is CC(C)Oc1cccc2c1c(NC(=O)c1ccn(C)c(=O)c1)nn2-c1ccc(F)cc1. The average molecular weight is 420 g/mol. The van der Waals surface area contributed by atoms with Crippen molar-refractivity contribution in [3.05, 3.63) is 82.5 Å². The first-order valence-electron chi connectivity index (χ1n) is 9.76. The molecule has 158 valence electrons. The number of pyridine rings is 1. The lowest BCUT2D eigenvalue weighted by molar-refractivity contribution is 0.102. The molecule has 0 saturated carbocycles. The van der Waals surface area contributed by atoms with Gasteiger partial charge in [0.25, 0.3) is 11.5 Å². The van der Waals surface area contributed by atoms with Crippen LogP contribution in [0.1, 0.15) is 24.2 Å². The number of rotatable bonds is 5. The molecule has 4 aromatic rings. The number of nitrogens with one attached hydrogen (secondary N) is 1. The van der Waals surface area contributed by atoms with Crippen molar-refractivity contribution in [1.82, 2.24) is 14.3 Å². The molecule has 7 nitrogen and oxygen atoms in total. The van der Waals surface area contributed by atoms with Gasteiger partial charge in [-0.2, -0.15) is 0 Å². The first kappa shape index (κ1) is 20.3. The third-order valence-electron chi connectivity index (χ3n) is 4.70. The number of fused-ring (bicyclic) bond motifs is 1. The summed E-state index contributed by atoms with van der Waals surface area (Å²) in [6, 6.07) is 14.2. The molecule has 0 fully saturated rings. The summed E-state index contributed by atoms with van der Waals surface area (Å²) in [5.74, 6) is 0.00678. The molecular weight excluding hydrogens is 399 g/mol. The Balaban J connectivity index is 1.84. The largest absolute Gasteiger partial charge is 0.490 e. The van der Waals surface area contributed by atoms with Gasteiger partial charge in [0.1, 0.15) is 11.6 Å². The second kappa shape index (κ2) is 8.06. The third kappa shape index (κ3) is 4.05. The van der Waals surface area contributed by atoms with Gasteiger partial charge in [0.05, 0.1) is 22.7 Å². The zero-order chi connectivity index (χ0) is 22.1. The molecule has 0 bridgehead atoms. The van der Waals surface area contributed by atoms with E-state index in [0.717, 1.165) is 0 Å². The number of benzene rings is 2. The van der Waals surface area contributed by atoms with Crippen LogP contribution in [-0.2, 0) is 7.05 Å². The lowest BCUT2D eigenvalue weighted by atomic mass is 10.2. The van der Waals surface area contributed by atoms with E-state index >= 15 is 0 Å². The Morgan fingerprint density at radius 1 is 1.13 bits per heavy atom. The van der Waals surface area contributed by atoms with Gasteiger partial charge in [-0.3, -0.25) is 9.59 Å². The van der Waals surface area contributed by atoms with Gasteiger partial charge >= 0.3 is 0 Å². The highest BCUT2D eigenvalue weighted by molar-refractivity contribution is 6.09. The van der Waals surface area contributed by atoms with Gasteiger partial charge in [-0.15, -0.1) is 5.10 Å². The van der Waals surface area contributed by atoms with Gasteiger partial charge in [-0.05, 0) is 56.3 Å². The van der Waals surface area contributed by atoms with Crippen LogP contribution >= 0.6 is 0 Å². The molecule has 2 aromatic heterocycles. The van der Waals surface area contributed by atoms with Gasteiger partial charge in [-0.1, -0.05) is 6.07 Å². The van der Waals surface area contributed by atoms with Crippen LogP contribution in [0.5, 0.6) is 5.75 Å². The average Bonchev–Trinajstić information content (AvgIpc) is 3.09. The molecule has 0 aliphatic heterocycles. The fourth-order valence-corrected chi connectivity index (χ4v) is 3.23. The van der Waals surface area contributed by atoms with E-state index < -0.39 is 5.91 Å². The summed E-state index contributed by atoms with van der Waals surface area (Å²) in [4.78, 5) is 24.8. The Kier molecular flexibility index (Phi) is 5.29. The highest BCUT2D eigenvalue weighted by Gasteiger charge is 2.19.